The highest BCUT2D eigenvalue weighted by molar-refractivity contribution is 7.09. The molecule has 0 amide bonds. The Morgan fingerprint density at radius 3 is 2.59 bits per heavy atom. The zero-order valence-electron chi connectivity index (χ0n) is 9.63. The van der Waals surface area contributed by atoms with E-state index in [0.717, 1.165) is 48.6 Å². The van der Waals surface area contributed by atoms with Crippen LogP contribution in [0.5, 0.6) is 0 Å². The second kappa shape index (κ2) is 4.94. The standard InChI is InChI=1S/C11H15F3N2S/c1-8-2-4-16(5-3-8)6-10-15-9(7-17-10)11(12,13)14/h7-8H,2-6H2,1H3. The van der Waals surface area contributed by atoms with Crippen LogP contribution in [-0.4, -0.2) is 23.0 Å². The molecule has 0 saturated carbocycles. The molecule has 2 rings (SSSR count). The first-order valence-electron chi connectivity index (χ1n) is 5.69. The molecule has 96 valence electrons. The molecular formula is C11H15F3N2S. The van der Waals surface area contributed by atoms with Gasteiger partial charge in [0.05, 0.1) is 6.54 Å². The van der Waals surface area contributed by atoms with Gasteiger partial charge in [-0.3, -0.25) is 4.90 Å². The van der Waals surface area contributed by atoms with Gasteiger partial charge in [-0.05, 0) is 31.8 Å². The molecule has 0 radical (unpaired) electrons. The molecule has 0 bridgehead atoms. The molecule has 1 fully saturated rings. The van der Waals surface area contributed by atoms with Crippen LogP contribution in [0, 0.1) is 5.92 Å². The maximum Gasteiger partial charge on any atom is 0.434 e. The minimum Gasteiger partial charge on any atom is -0.297 e. The van der Waals surface area contributed by atoms with Gasteiger partial charge in [0.2, 0.25) is 0 Å². The zero-order chi connectivity index (χ0) is 12.5. The molecule has 2 heterocycles. The van der Waals surface area contributed by atoms with E-state index in [1.54, 1.807) is 0 Å². The third-order valence-electron chi connectivity index (χ3n) is 3.08. The Kier molecular flexibility index (Phi) is 3.73. The first kappa shape index (κ1) is 12.8. The van der Waals surface area contributed by atoms with Crippen LogP contribution in [0.2, 0.25) is 0 Å². The quantitative estimate of drug-likeness (QED) is 0.814. The number of halogens is 3. The van der Waals surface area contributed by atoms with E-state index in [1.165, 1.54) is 0 Å². The predicted molar refractivity (Wildman–Crippen MR) is 60.8 cm³/mol. The van der Waals surface area contributed by atoms with Crippen molar-refractivity contribution in [3.63, 3.8) is 0 Å². The van der Waals surface area contributed by atoms with Crippen molar-refractivity contribution in [3.05, 3.63) is 16.1 Å². The van der Waals surface area contributed by atoms with E-state index in [-0.39, 0.29) is 0 Å². The van der Waals surface area contributed by atoms with Gasteiger partial charge in [-0.15, -0.1) is 11.3 Å². The summed E-state index contributed by atoms with van der Waals surface area (Å²) >= 11 is 1.10. The lowest BCUT2D eigenvalue weighted by Crippen LogP contribution is -2.32. The third kappa shape index (κ3) is 3.42. The van der Waals surface area contributed by atoms with Crippen molar-refractivity contribution >= 4 is 11.3 Å². The van der Waals surface area contributed by atoms with Gasteiger partial charge in [0, 0.05) is 5.38 Å². The Balaban J connectivity index is 1.93. The normalized spacial score (nSPS) is 19.8. The van der Waals surface area contributed by atoms with E-state index in [2.05, 4.69) is 16.8 Å². The highest BCUT2D eigenvalue weighted by Crippen LogP contribution is 2.30. The van der Waals surface area contributed by atoms with Crippen LogP contribution >= 0.6 is 11.3 Å². The van der Waals surface area contributed by atoms with Crippen molar-refractivity contribution in [3.8, 4) is 0 Å². The molecule has 17 heavy (non-hydrogen) atoms. The number of hydrogen-bond donors (Lipinski definition) is 0. The van der Waals surface area contributed by atoms with E-state index in [9.17, 15) is 13.2 Å². The highest BCUT2D eigenvalue weighted by Gasteiger charge is 2.33. The van der Waals surface area contributed by atoms with Crippen LogP contribution < -0.4 is 0 Å². The largest absolute Gasteiger partial charge is 0.434 e. The van der Waals surface area contributed by atoms with Crippen LogP contribution in [0.1, 0.15) is 30.5 Å². The van der Waals surface area contributed by atoms with Crippen LogP contribution in [0.3, 0.4) is 0 Å². The zero-order valence-corrected chi connectivity index (χ0v) is 10.4. The lowest BCUT2D eigenvalue weighted by atomic mass is 9.99. The fraction of sp³-hybridized carbons (Fsp3) is 0.727. The molecule has 1 aromatic rings. The smallest absolute Gasteiger partial charge is 0.297 e. The number of alkyl halides is 3. The number of likely N-dealkylation sites (tertiary alicyclic amines) is 1. The Labute approximate surface area is 102 Å². The van der Waals surface area contributed by atoms with Crippen molar-refractivity contribution in [1.82, 2.24) is 9.88 Å². The van der Waals surface area contributed by atoms with Crippen molar-refractivity contribution in [1.29, 1.82) is 0 Å². The summed E-state index contributed by atoms with van der Waals surface area (Å²) < 4.78 is 37.1. The number of rotatable bonds is 2. The van der Waals surface area contributed by atoms with Gasteiger partial charge in [0.25, 0.3) is 0 Å². The third-order valence-corrected chi connectivity index (χ3v) is 3.91. The molecule has 1 saturated heterocycles. The van der Waals surface area contributed by atoms with E-state index in [0.29, 0.717) is 11.6 Å². The molecule has 0 aliphatic carbocycles. The van der Waals surface area contributed by atoms with Gasteiger partial charge >= 0.3 is 6.18 Å². The number of piperidine rings is 1. The van der Waals surface area contributed by atoms with Crippen molar-refractivity contribution in [2.24, 2.45) is 5.92 Å². The second-order valence-corrected chi connectivity index (χ2v) is 5.53. The summed E-state index contributed by atoms with van der Waals surface area (Å²) in [4.78, 5) is 5.83. The Morgan fingerprint density at radius 1 is 1.41 bits per heavy atom. The summed E-state index contributed by atoms with van der Waals surface area (Å²) in [6.07, 6.45) is -2.07. The van der Waals surface area contributed by atoms with Crippen LogP contribution in [0.15, 0.2) is 5.38 Å². The first-order valence-corrected chi connectivity index (χ1v) is 6.57. The minimum atomic E-state index is -4.31. The molecular weight excluding hydrogens is 249 g/mol. The molecule has 0 unspecified atom stereocenters. The minimum absolute atomic E-state index is 0.549. The molecule has 1 aliphatic heterocycles. The molecule has 0 N–H and O–H groups in total. The maximum atomic E-state index is 12.4. The van der Waals surface area contributed by atoms with Gasteiger partial charge in [-0.1, -0.05) is 6.92 Å². The summed E-state index contributed by atoms with van der Waals surface area (Å²) in [6.45, 7) is 4.68. The molecule has 1 aromatic heterocycles. The Morgan fingerprint density at radius 2 is 2.06 bits per heavy atom. The van der Waals surface area contributed by atoms with Gasteiger partial charge in [-0.25, -0.2) is 4.98 Å². The number of nitrogens with zero attached hydrogens (tertiary/aromatic N) is 2. The van der Waals surface area contributed by atoms with E-state index in [1.807, 2.05) is 0 Å². The molecule has 0 aromatic carbocycles. The average molecular weight is 264 g/mol. The Hall–Kier alpha value is -0.620. The first-order chi connectivity index (χ1) is 7.95. The summed E-state index contributed by atoms with van der Waals surface area (Å²) in [7, 11) is 0. The molecule has 0 atom stereocenters. The Bertz CT molecular complexity index is 367. The number of thiazole rings is 1. The van der Waals surface area contributed by atoms with Crippen molar-refractivity contribution in [2.45, 2.75) is 32.5 Å². The lowest BCUT2D eigenvalue weighted by molar-refractivity contribution is -0.140. The SMILES string of the molecule is CC1CCN(Cc2nc(C(F)(F)F)cs2)CC1. The molecule has 2 nitrogen and oxygen atoms in total. The number of aromatic nitrogens is 1. The average Bonchev–Trinajstić information content (AvgIpc) is 2.69. The monoisotopic (exact) mass is 264 g/mol. The topological polar surface area (TPSA) is 16.1 Å². The van der Waals surface area contributed by atoms with Crippen molar-refractivity contribution in [2.75, 3.05) is 13.1 Å². The fourth-order valence-corrected chi connectivity index (χ4v) is 2.77. The van der Waals surface area contributed by atoms with Gasteiger partial charge in [0.15, 0.2) is 5.69 Å². The van der Waals surface area contributed by atoms with Crippen LogP contribution in [0.4, 0.5) is 13.2 Å². The summed E-state index contributed by atoms with van der Waals surface area (Å²) in [5.41, 5.74) is -0.761. The molecule has 0 spiro atoms. The summed E-state index contributed by atoms with van der Waals surface area (Å²) in [6, 6.07) is 0. The van der Waals surface area contributed by atoms with Crippen molar-refractivity contribution < 1.29 is 13.2 Å². The van der Waals surface area contributed by atoms with E-state index < -0.39 is 11.9 Å². The summed E-state index contributed by atoms with van der Waals surface area (Å²) in [5.74, 6) is 0.730. The lowest BCUT2D eigenvalue weighted by Gasteiger charge is -2.29. The second-order valence-electron chi connectivity index (χ2n) is 4.58. The highest BCUT2D eigenvalue weighted by atomic mass is 32.1. The van der Waals surface area contributed by atoms with E-state index >= 15 is 0 Å². The molecule has 1 aliphatic rings. The molecule has 6 heteroatoms. The maximum absolute atomic E-state index is 12.4. The predicted octanol–water partition coefficient (Wildman–Crippen LogP) is 3.39. The summed E-state index contributed by atoms with van der Waals surface area (Å²) in [5, 5.41) is 1.66. The number of hydrogen-bond acceptors (Lipinski definition) is 3. The van der Waals surface area contributed by atoms with Crippen LogP contribution in [-0.2, 0) is 12.7 Å². The van der Waals surface area contributed by atoms with Gasteiger partial charge < -0.3 is 0 Å². The van der Waals surface area contributed by atoms with E-state index in [4.69, 9.17) is 0 Å². The van der Waals surface area contributed by atoms with Gasteiger partial charge in [-0.2, -0.15) is 13.2 Å². The van der Waals surface area contributed by atoms with Gasteiger partial charge in [0.1, 0.15) is 5.01 Å². The fourth-order valence-electron chi connectivity index (χ4n) is 1.93. The van der Waals surface area contributed by atoms with Crippen LogP contribution in [0.25, 0.3) is 0 Å².